The van der Waals surface area contributed by atoms with Crippen molar-refractivity contribution in [1.82, 2.24) is 4.57 Å². The molecule has 1 heterocycles. The summed E-state index contributed by atoms with van der Waals surface area (Å²) in [6, 6.07) is 6.66. The summed E-state index contributed by atoms with van der Waals surface area (Å²) in [4.78, 5) is 11.9. The highest BCUT2D eigenvalue weighted by atomic mass is 16.5. The molecule has 2 aromatic rings. The van der Waals surface area contributed by atoms with E-state index in [-0.39, 0.29) is 6.54 Å². The lowest BCUT2D eigenvalue weighted by atomic mass is 10.2. The van der Waals surface area contributed by atoms with Crippen molar-refractivity contribution in [2.75, 3.05) is 10.8 Å². The lowest BCUT2D eigenvalue weighted by Crippen LogP contribution is -2.31. The number of aryl methyl sites for hydroxylation is 1. The summed E-state index contributed by atoms with van der Waals surface area (Å²) >= 11 is 0. The van der Waals surface area contributed by atoms with Gasteiger partial charge in [-0.15, -0.1) is 0 Å². The highest BCUT2D eigenvalue weighted by Crippen LogP contribution is 2.20. The number of imidazole rings is 1. The van der Waals surface area contributed by atoms with Gasteiger partial charge in [0.15, 0.2) is 6.54 Å². The average Bonchev–Trinajstić information content (AvgIpc) is 2.74. The molecule has 0 radical (unpaired) electrons. The van der Waals surface area contributed by atoms with Crippen molar-refractivity contribution in [1.29, 1.82) is 0 Å². The monoisotopic (exact) mass is 247 g/mol. The van der Waals surface area contributed by atoms with Crippen LogP contribution in [0, 0.1) is 0 Å². The fourth-order valence-corrected chi connectivity index (χ4v) is 1.63. The Labute approximate surface area is 104 Å². The van der Waals surface area contributed by atoms with Crippen LogP contribution in [0.1, 0.15) is 0 Å². The molecule has 1 aromatic carbocycles. The van der Waals surface area contributed by atoms with Gasteiger partial charge in [-0.3, -0.25) is 10.0 Å². The van der Waals surface area contributed by atoms with Gasteiger partial charge in [-0.1, -0.05) is 12.1 Å². The van der Waals surface area contributed by atoms with Crippen LogP contribution in [-0.4, -0.2) is 15.7 Å². The molecular formula is C12H15N4O2+. The number of carbonyl (C=O) groups is 1. The third kappa shape index (κ3) is 2.49. The topological polar surface area (TPSA) is 75.4 Å². The molecule has 0 aliphatic heterocycles. The smallest absolute Gasteiger partial charge is 0.292 e. The van der Waals surface area contributed by atoms with Gasteiger partial charge in [-0.05, 0) is 12.1 Å². The SMILES string of the molecule is C[n+]1ccn(CC(=O)N(O)c2ccccc2N)c1. The molecule has 6 heteroatoms. The first-order valence-electron chi connectivity index (χ1n) is 5.45. The molecule has 6 nitrogen and oxygen atoms in total. The van der Waals surface area contributed by atoms with E-state index in [1.165, 1.54) is 0 Å². The Hall–Kier alpha value is -2.34. The predicted molar refractivity (Wildman–Crippen MR) is 65.7 cm³/mol. The molecular weight excluding hydrogens is 232 g/mol. The van der Waals surface area contributed by atoms with Gasteiger partial charge in [-0.2, -0.15) is 5.06 Å². The van der Waals surface area contributed by atoms with Crippen LogP contribution in [0.3, 0.4) is 0 Å². The first-order chi connectivity index (χ1) is 8.58. The molecule has 1 amide bonds. The van der Waals surface area contributed by atoms with E-state index in [0.717, 1.165) is 0 Å². The molecule has 94 valence electrons. The van der Waals surface area contributed by atoms with Crippen LogP contribution < -0.4 is 15.4 Å². The van der Waals surface area contributed by atoms with Crippen molar-refractivity contribution in [3.05, 3.63) is 43.0 Å². The van der Waals surface area contributed by atoms with E-state index in [1.807, 2.05) is 17.8 Å². The van der Waals surface area contributed by atoms with Gasteiger partial charge in [0, 0.05) is 0 Å². The number of aromatic nitrogens is 2. The number of hydrogen-bond donors (Lipinski definition) is 2. The molecule has 0 saturated carbocycles. The maximum atomic E-state index is 11.9. The van der Waals surface area contributed by atoms with E-state index >= 15 is 0 Å². The third-order valence-electron chi connectivity index (χ3n) is 2.54. The second kappa shape index (κ2) is 4.89. The first-order valence-corrected chi connectivity index (χ1v) is 5.45. The van der Waals surface area contributed by atoms with Crippen LogP contribution in [0.4, 0.5) is 11.4 Å². The van der Waals surface area contributed by atoms with E-state index in [4.69, 9.17) is 5.73 Å². The molecule has 2 rings (SSSR count). The lowest BCUT2D eigenvalue weighted by molar-refractivity contribution is -0.671. The summed E-state index contributed by atoms with van der Waals surface area (Å²) in [7, 11) is 1.85. The number of para-hydroxylation sites is 2. The zero-order chi connectivity index (χ0) is 13.1. The number of amides is 1. The second-order valence-corrected chi connectivity index (χ2v) is 4.02. The normalized spacial score (nSPS) is 10.3. The summed E-state index contributed by atoms with van der Waals surface area (Å²) in [6.07, 6.45) is 5.31. The van der Waals surface area contributed by atoms with Crippen LogP contribution in [0.5, 0.6) is 0 Å². The van der Waals surface area contributed by atoms with Crippen LogP contribution in [0.25, 0.3) is 0 Å². The molecule has 1 aromatic heterocycles. The Morgan fingerprint density at radius 3 is 2.83 bits per heavy atom. The zero-order valence-electron chi connectivity index (χ0n) is 10.0. The molecule has 18 heavy (non-hydrogen) atoms. The maximum Gasteiger partial charge on any atom is 0.292 e. The summed E-state index contributed by atoms with van der Waals surface area (Å²) < 4.78 is 3.48. The first kappa shape index (κ1) is 12.1. The summed E-state index contributed by atoms with van der Waals surface area (Å²) in [5.74, 6) is -0.455. The number of carbonyl (C=O) groups excluding carboxylic acids is 1. The number of hydrogen-bond acceptors (Lipinski definition) is 3. The van der Waals surface area contributed by atoms with Crippen LogP contribution >= 0.6 is 0 Å². The largest absolute Gasteiger partial charge is 0.397 e. The number of rotatable bonds is 3. The van der Waals surface area contributed by atoms with Crippen molar-refractivity contribution in [2.24, 2.45) is 7.05 Å². The average molecular weight is 247 g/mol. The van der Waals surface area contributed by atoms with Gasteiger partial charge in [0.25, 0.3) is 5.91 Å². The van der Waals surface area contributed by atoms with Crippen LogP contribution in [0.15, 0.2) is 43.0 Å². The van der Waals surface area contributed by atoms with Crippen molar-refractivity contribution < 1.29 is 14.6 Å². The summed E-state index contributed by atoms with van der Waals surface area (Å²) in [6.45, 7) is 0.0473. The minimum Gasteiger partial charge on any atom is -0.397 e. The molecule has 0 fully saturated rings. The highest BCUT2D eigenvalue weighted by Gasteiger charge is 2.18. The van der Waals surface area contributed by atoms with Crippen molar-refractivity contribution >= 4 is 17.3 Å². The third-order valence-corrected chi connectivity index (χ3v) is 2.54. The number of hydroxylamine groups is 1. The van der Waals surface area contributed by atoms with E-state index < -0.39 is 5.91 Å². The summed E-state index contributed by atoms with van der Waals surface area (Å²) in [5.41, 5.74) is 6.34. The lowest BCUT2D eigenvalue weighted by Gasteiger charge is -2.15. The number of benzene rings is 1. The number of nitrogens with two attached hydrogens (primary N) is 1. The minimum atomic E-state index is -0.455. The minimum absolute atomic E-state index is 0.0473. The Morgan fingerprint density at radius 2 is 2.22 bits per heavy atom. The number of nitrogens with zero attached hydrogens (tertiary/aromatic N) is 3. The number of nitrogen functional groups attached to an aromatic ring is 1. The summed E-state index contributed by atoms with van der Waals surface area (Å²) in [5, 5.41) is 10.4. The molecule has 0 spiro atoms. The fourth-order valence-electron chi connectivity index (χ4n) is 1.63. The molecule has 0 aliphatic rings. The quantitative estimate of drug-likeness (QED) is 0.355. The van der Waals surface area contributed by atoms with Gasteiger partial charge in [-0.25, -0.2) is 9.13 Å². The molecule has 0 bridgehead atoms. The van der Waals surface area contributed by atoms with Gasteiger partial charge in [0.1, 0.15) is 12.4 Å². The highest BCUT2D eigenvalue weighted by molar-refractivity contribution is 5.93. The van der Waals surface area contributed by atoms with E-state index in [2.05, 4.69) is 0 Å². The Morgan fingerprint density at radius 1 is 1.50 bits per heavy atom. The van der Waals surface area contributed by atoms with E-state index in [9.17, 15) is 10.0 Å². The van der Waals surface area contributed by atoms with Gasteiger partial charge < -0.3 is 5.73 Å². The van der Waals surface area contributed by atoms with Crippen LogP contribution in [-0.2, 0) is 18.4 Å². The predicted octanol–water partition coefficient (Wildman–Crippen LogP) is 0.317. The maximum absolute atomic E-state index is 11.9. The van der Waals surface area contributed by atoms with Crippen LogP contribution in [0.2, 0.25) is 0 Å². The van der Waals surface area contributed by atoms with Crippen molar-refractivity contribution in [2.45, 2.75) is 6.54 Å². The second-order valence-electron chi connectivity index (χ2n) is 4.02. The fraction of sp³-hybridized carbons (Fsp3) is 0.167. The molecule has 0 saturated heterocycles. The molecule has 3 N–H and O–H groups in total. The molecule has 0 unspecified atom stereocenters. The Bertz CT molecular complexity index is 565. The zero-order valence-corrected chi connectivity index (χ0v) is 10.0. The van der Waals surface area contributed by atoms with Crippen molar-refractivity contribution in [3.63, 3.8) is 0 Å². The van der Waals surface area contributed by atoms with Crippen molar-refractivity contribution in [3.8, 4) is 0 Å². The number of anilines is 2. The molecule has 0 atom stereocenters. The molecule has 0 aliphatic carbocycles. The van der Waals surface area contributed by atoms with Gasteiger partial charge >= 0.3 is 0 Å². The Kier molecular flexibility index (Phi) is 3.29. The standard InChI is InChI=1S/C12H15N4O2/c1-14-6-7-15(9-14)8-12(17)16(18)11-5-3-2-4-10(11)13/h2-7,9,18H,8,13H2,1H3/q+1. The Balaban J connectivity index is 2.12. The van der Waals surface area contributed by atoms with E-state index in [1.54, 1.807) is 41.4 Å². The van der Waals surface area contributed by atoms with E-state index in [0.29, 0.717) is 16.4 Å². The van der Waals surface area contributed by atoms with Gasteiger partial charge in [0.05, 0.1) is 18.4 Å². The van der Waals surface area contributed by atoms with Gasteiger partial charge in [0.2, 0.25) is 6.33 Å².